The zero-order valence-corrected chi connectivity index (χ0v) is 16.1. The van der Waals surface area contributed by atoms with Crippen LogP contribution in [-0.4, -0.2) is 11.0 Å². The highest BCUT2D eigenvalue weighted by Crippen LogP contribution is 2.31. The second-order valence-corrected chi connectivity index (χ2v) is 7.43. The molecule has 0 amide bonds. The Morgan fingerprint density at radius 3 is 2.82 bits per heavy atom. The molecule has 2 heterocycles. The van der Waals surface area contributed by atoms with E-state index in [1.54, 1.807) is 35.6 Å². The number of carbonyl (C=O) groups excluding carboxylic acids is 1. The molecule has 0 fully saturated rings. The molecule has 28 heavy (non-hydrogen) atoms. The quantitative estimate of drug-likeness (QED) is 0.437. The van der Waals surface area contributed by atoms with Crippen molar-refractivity contribution in [1.82, 2.24) is 4.98 Å². The van der Waals surface area contributed by atoms with E-state index < -0.39 is 11.8 Å². The maximum Gasteiger partial charge on any atom is 0.358 e. The SMILES string of the molecule is Nc1cc(-c2ccc3ccsc3c2)nc(C(=O)OCc2ccccc2F)c1Cl. The fourth-order valence-corrected chi connectivity index (χ4v) is 3.78. The van der Waals surface area contributed by atoms with Gasteiger partial charge in [0, 0.05) is 15.8 Å². The topological polar surface area (TPSA) is 65.2 Å². The number of hydrogen-bond acceptors (Lipinski definition) is 5. The lowest BCUT2D eigenvalue weighted by Gasteiger charge is -2.10. The number of nitrogen functional groups attached to an aromatic ring is 1. The van der Waals surface area contributed by atoms with Crippen LogP contribution in [0.2, 0.25) is 5.02 Å². The smallest absolute Gasteiger partial charge is 0.358 e. The van der Waals surface area contributed by atoms with E-state index in [1.165, 1.54) is 6.07 Å². The minimum atomic E-state index is -0.765. The van der Waals surface area contributed by atoms with Crippen LogP contribution in [0, 0.1) is 5.82 Å². The molecule has 7 heteroatoms. The monoisotopic (exact) mass is 412 g/mol. The van der Waals surface area contributed by atoms with E-state index in [9.17, 15) is 9.18 Å². The fourth-order valence-electron chi connectivity index (χ4n) is 2.77. The van der Waals surface area contributed by atoms with Gasteiger partial charge < -0.3 is 10.5 Å². The Kier molecular flexibility index (Phi) is 4.98. The summed E-state index contributed by atoms with van der Waals surface area (Å²) in [5, 5.41) is 3.14. The van der Waals surface area contributed by atoms with Gasteiger partial charge in [-0.25, -0.2) is 14.2 Å². The van der Waals surface area contributed by atoms with Gasteiger partial charge in [0.1, 0.15) is 12.4 Å². The fraction of sp³-hybridized carbons (Fsp3) is 0.0476. The molecule has 2 aromatic heterocycles. The number of nitrogens with two attached hydrogens (primary N) is 1. The maximum absolute atomic E-state index is 13.7. The van der Waals surface area contributed by atoms with Gasteiger partial charge in [0.2, 0.25) is 0 Å². The second kappa shape index (κ2) is 7.58. The van der Waals surface area contributed by atoms with Crippen molar-refractivity contribution < 1.29 is 13.9 Å². The van der Waals surface area contributed by atoms with Crippen molar-refractivity contribution in [3.63, 3.8) is 0 Å². The van der Waals surface area contributed by atoms with Gasteiger partial charge in [-0.2, -0.15) is 0 Å². The van der Waals surface area contributed by atoms with Crippen molar-refractivity contribution in [1.29, 1.82) is 0 Å². The molecule has 0 atom stereocenters. The van der Waals surface area contributed by atoms with Crippen molar-refractivity contribution in [2.24, 2.45) is 0 Å². The molecule has 4 nitrogen and oxygen atoms in total. The molecule has 0 aliphatic heterocycles. The van der Waals surface area contributed by atoms with Gasteiger partial charge in [-0.05, 0) is 35.0 Å². The van der Waals surface area contributed by atoms with E-state index in [2.05, 4.69) is 4.98 Å². The molecule has 0 saturated heterocycles. The minimum absolute atomic E-state index is 0.0134. The van der Waals surface area contributed by atoms with E-state index in [1.807, 2.05) is 29.6 Å². The molecule has 0 spiro atoms. The largest absolute Gasteiger partial charge is 0.456 e. The molecule has 0 aliphatic carbocycles. The summed E-state index contributed by atoms with van der Waals surface area (Å²) in [6, 6.07) is 15.6. The van der Waals surface area contributed by atoms with Gasteiger partial charge in [-0.15, -0.1) is 11.3 Å². The number of carbonyl (C=O) groups is 1. The first-order valence-corrected chi connectivity index (χ1v) is 9.63. The number of benzene rings is 2. The normalized spacial score (nSPS) is 10.9. The van der Waals surface area contributed by atoms with Crippen LogP contribution < -0.4 is 5.73 Å². The Labute approximate surface area is 169 Å². The number of esters is 1. The number of ether oxygens (including phenoxy) is 1. The van der Waals surface area contributed by atoms with Gasteiger partial charge in [-0.1, -0.05) is 41.9 Å². The van der Waals surface area contributed by atoms with E-state index in [4.69, 9.17) is 22.1 Å². The zero-order valence-electron chi connectivity index (χ0n) is 14.5. The maximum atomic E-state index is 13.7. The molecule has 0 saturated carbocycles. The van der Waals surface area contributed by atoms with Crippen molar-refractivity contribution in [3.05, 3.63) is 82.1 Å². The average Bonchev–Trinajstić information content (AvgIpc) is 3.17. The van der Waals surface area contributed by atoms with Crippen molar-refractivity contribution in [2.45, 2.75) is 6.61 Å². The molecule has 0 unspecified atom stereocenters. The van der Waals surface area contributed by atoms with Crippen LogP contribution in [0.15, 0.2) is 60.0 Å². The van der Waals surface area contributed by atoms with Crippen LogP contribution in [0.1, 0.15) is 16.1 Å². The predicted molar refractivity (Wildman–Crippen MR) is 110 cm³/mol. The number of pyridine rings is 1. The van der Waals surface area contributed by atoms with Gasteiger partial charge >= 0.3 is 5.97 Å². The summed E-state index contributed by atoms with van der Waals surface area (Å²) in [5.41, 5.74) is 7.68. The molecule has 0 aliphatic rings. The summed E-state index contributed by atoms with van der Waals surface area (Å²) >= 11 is 7.79. The highest BCUT2D eigenvalue weighted by molar-refractivity contribution is 7.17. The Morgan fingerprint density at radius 2 is 2.00 bits per heavy atom. The summed E-state index contributed by atoms with van der Waals surface area (Å²) in [7, 11) is 0. The number of fused-ring (bicyclic) bond motifs is 1. The predicted octanol–water partition coefficient (Wildman–Crippen LogP) is 5.70. The summed E-state index contributed by atoms with van der Waals surface area (Å²) in [5.74, 6) is -1.22. The van der Waals surface area contributed by atoms with Crippen molar-refractivity contribution in [3.8, 4) is 11.3 Å². The molecule has 140 valence electrons. The molecule has 2 N–H and O–H groups in total. The molecular weight excluding hydrogens is 399 g/mol. The van der Waals surface area contributed by atoms with E-state index in [0.717, 1.165) is 15.6 Å². The number of halogens is 2. The summed E-state index contributed by atoms with van der Waals surface area (Å²) < 4.78 is 20.0. The molecule has 0 bridgehead atoms. The lowest BCUT2D eigenvalue weighted by Crippen LogP contribution is -2.11. The standard InChI is InChI=1S/C21H14ClFN2O2S/c22-19-16(24)10-17(13-6-5-12-7-8-28-18(12)9-13)25-20(19)21(26)27-11-14-3-1-2-4-15(14)23/h1-10H,11H2,(H2,24,25). The Morgan fingerprint density at radius 1 is 1.18 bits per heavy atom. The van der Waals surface area contributed by atoms with Gasteiger partial charge in [0.15, 0.2) is 5.69 Å². The first-order chi connectivity index (χ1) is 13.5. The Bertz CT molecular complexity index is 1190. The number of rotatable bonds is 4. The zero-order chi connectivity index (χ0) is 19.7. The van der Waals surface area contributed by atoms with Crippen LogP contribution in [0.25, 0.3) is 21.3 Å². The van der Waals surface area contributed by atoms with Gasteiger partial charge in [-0.3, -0.25) is 0 Å². The first-order valence-electron chi connectivity index (χ1n) is 8.37. The van der Waals surface area contributed by atoms with Crippen LogP contribution in [0.4, 0.5) is 10.1 Å². The van der Waals surface area contributed by atoms with E-state index in [0.29, 0.717) is 5.69 Å². The molecule has 4 aromatic rings. The number of anilines is 1. The third-order valence-corrected chi connectivity index (χ3v) is 5.52. The summed E-state index contributed by atoms with van der Waals surface area (Å²) in [4.78, 5) is 16.9. The summed E-state index contributed by atoms with van der Waals surface area (Å²) in [6.45, 7) is -0.227. The number of nitrogens with zero attached hydrogens (tertiary/aromatic N) is 1. The second-order valence-electron chi connectivity index (χ2n) is 6.10. The van der Waals surface area contributed by atoms with Crippen molar-refractivity contribution >= 4 is 44.7 Å². The van der Waals surface area contributed by atoms with Gasteiger partial charge in [0.25, 0.3) is 0 Å². The molecular formula is C21H14ClFN2O2S. The van der Waals surface area contributed by atoms with Crippen LogP contribution >= 0.6 is 22.9 Å². The Hall–Kier alpha value is -2.96. The Balaban J connectivity index is 1.65. The van der Waals surface area contributed by atoms with Crippen LogP contribution in [0.3, 0.4) is 0 Å². The highest BCUT2D eigenvalue weighted by atomic mass is 35.5. The number of aromatic nitrogens is 1. The first kappa shape index (κ1) is 18.4. The lowest BCUT2D eigenvalue weighted by molar-refractivity contribution is 0.0462. The summed E-state index contributed by atoms with van der Waals surface area (Å²) in [6.07, 6.45) is 0. The van der Waals surface area contributed by atoms with Crippen molar-refractivity contribution in [2.75, 3.05) is 5.73 Å². The number of thiophene rings is 1. The molecule has 0 radical (unpaired) electrons. The third-order valence-electron chi connectivity index (χ3n) is 4.25. The average molecular weight is 413 g/mol. The highest BCUT2D eigenvalue weighted by Gasteiger charge is 2.19. The lowest BCUT2D eigenvalue weighted by atomic mass is 10.1. The van der Waals surface area contributed by atoms with Crippen LogP contribution in [0.5, 0.6) is 0 Å². The molecule has 2 aromatic carbocycles. The third kappa shape index (κ3) is 3.56. The minimum Gasteiger partial charge on any atom is -0.456 e. The van der Waals surface area contributed by atoms with E-state index >= 15 is 0 Å². The van der Waals surface area contributed by atoms with Gasteiger partial charge in [0.05, 0.1) is 16.4 Å². The molecule has 4 rings (SSSR count). The van der Waals surface area contributed by atoms with Crippen LogP contribution in [-0.2, 0) is 11.3 Å². The van der Waals surface area contributed by atoms with E-state index in [-0.39, 0.29) is 28.6 Å². The number of hydrogen-bond donors (Lipinski definition) is 1.